The number of nitrogens with zero attached hydrogens (tertiary/aromatic N) is 4. The Morgan fingerprint density at radius 3 is 2.68 bits per heavy atom. The highest BCUT2D eigenvalue weighted by Crippen LogP contribution is 2.21. The van der Waals surface area contributed by atoms with E-state index in [9.17, 15) is 4.79 Å². The van der Waals surface area contributed by atoms with Gasteiger partial charge in [-0.15, -0.1) is 16.4 Å². The second-order valence-corrected chi connectivity index (χ2v) is 5.80. The zero-order valence-corrected chi connectivity index (χ0v) is 12.4. The third-order valence-corrected chi connectivity index (χ3v) is 4.23. The number of hydrogen-bond donors (Lipinski definition) is 0. The molecule has 0 fully saturated rings. The zero-order valence-electron chi connectivity index (χ0n) is 11.6. The standard InChI is InChI=1S/C16H12N4OS/c21-16-19-9-5-4-8-14(19)18-20(16)10-15-17-13(11-22-15)12-6-2-1-3-7-12/h1-9,11H,10H2. The summed E-state index contributed by atoms with van der Waals surface area (Å²) in [6.07, 6.45) is 1.72. The first kappa shape index (κ1) is 13.0. The summed E-state index contributed by atoms with van der Waals surface area (Å²) in [7, 11) is 0. The van der Waals surface area contributed by atoms with E-state index in [0.29, 0.717) is 12.2 Å². The topological polar surface area (TPSA) is 52.2 Å². The Morgan fingerprint density at radius 1 is 1.05 bits per heavy atom. The molecule has 6 heteroatoms. The van der Waals surface area contributed by atoms with Crippen molar-refractivity contribution in [2.45, 2.75) is 6.54 Å². The van der Waals surface area contributed by atoms with Crippen molar-refractivity contribution < 1.29 is 0 Å². The Kier molecular flexibility index (Phi) is 3.08. The number of rotatable bonds is 3. The molecule has 0 saturated heterocycles. The average Bonchev–Trinajstić information content (AvgIpc) is 3.15. The van der Waals surface area contributed by atoms with Crippen LogP contribution in [0.2, 0.25) is 0 Å². The fourth-order valence-electron chi connectivity index (χ4n) is 2.32. The van der Waals surface area contributed by atoms with Crippen molar-refractivity contribution in [3.05, 3.63) is 75.6 Å². The van der Waals surface area contributed by atoms with Crippen LogP contribution in [0.5, 0.6) is 0 Å². The maximum atomic E-state index is 12.2. The van der Waals surface area contributed by atoms with Crippen molar-refractivity contribution in [1.82, 2.24) is 19.2 Å². The van der Waals surface area contributed by atoms with Gasteiger partial charge in [0.2, 0.25) is 0 Å². The second kappa shape index (κ2) is 5.23. The molecule has 0 spiro atoms. The van der Waals surface area contributed by atoms with E-state index in [1.807, 2.05) is 53.9 Å². The monoisotopic (exact) mass is 308 g/mol. The maximum Gasteiger partial charge on any atom is 0.350 e. The lowest BCUT2D eigenvalue weighted by Crippen LogP contribution is -2.21. The summed E-state index contributed by atoms with van der Waals surface area (Å²) >= 11 is 1.54. The van der Waals surface area contributed by atoms with E-state index in [1.165, 1.54) is 20.4 Å². The molecular formula is C16H12N4OS. The highest BCUT2D eigenvalue weighted by Gasteiger charge is 2.09. The minimum atomic E-state index is -0.146. The normalized spacial score (nSPS) is 11.1. The first-order chi connectivity index (χ1) is 10.8. The number of pyridine rings is 1. The summed E-state index contributed by atoms with van der Waals surface area (Å²) in [6, 6.07) is 15.5. The third-order valence-electron chi connectivity index (χ3n) is 3.39. The lowest BCUT2D eigenvalue weighted by Gasteiger charge is -1.95. The van der Waals surface area contributed by atoms with E-state index in [2.05, 4.69) is 10.1 Å². The molecule has 0 unspecified atom stereocenters. The highest BCUT2D eigenvalue weighted by atomic mass is 32.1. The van der Waals surface area contributed by atoms with Gasteiger partial charge < -0.3 is 0 Å². The van der Waals surface area contributed by atoms with Crippen molar-refractivity contribution in [3.8, 4) is 11.3 Å². The van der Waals surface area contributed by atoms with Gasteiger partial charge in [0.15, 0.2) is 5.65 Å². The molecule has 108 valence electrons. The highest BCUT2D eigenvalue weighted by molar-refractivity contribution is 7.09. The van der Waals surface area contributed by atoms with Crippen LogP contribution in [-0.2, 0) is 6.54 Å². The molecule has 0 aliphatic heterocycles. The summed E-state index contributed by atoms with van der Waals surface area (Å²) in [5.41, 5.74) is 2.50. The van der Waals surface area contributed by atoms with Crippen molar-refractivity contribution in [1.29, 1.82) is 0 Å². The Morgan fingerprint density at radius 2 is 1.86 bits per heavy atom. The molecule has 4 rings (SSSR count). The minimum absolute atomic E-state index is 0.146. The number of benzene rings is 1. The quantitative estimate of drug-likeness (QED) is 0.585. The SMILES string of the molecule is O=c1n(Cc2nc(-c3ccccc3)cs2)nc2ccccn12. The smallest absolute Gasteiger partial charge is 0.250 e. The van der Waals surface area contributed by atoms with Crippen LogP contribution in [0.15, 0.2) is 64.9 Å². The van der Waals surface area contributed by atoms with Crippen LogP contribution < -0.4 is 5.69 Å². The molecule has 0 aliphatic rings. The van der Waals surface area contributed by atoms with E-state index in [-0.39, 0.29) is 5.69 Å². The fraction of sp³-hybridized carbons (Fsp3) is 0.0625. The van der Waals surface area contributed by atoms with E-state index >= 15 is 0 Å². The Bertz CT molecular complexity index is 984. The minimum Gasteiger partial charge on any atom is -0.250 e. The van der Waals surface area contributed by atoms with Crippen LogP contribution in [0, 0.1) is 0 Å². The Hall–Kier alpha value is -2.73. The van der Waals surface area contributed by atoms with Crippen molar-refractivity contribution in [3.63, 3.8) is 0 Å². The molecule has 4 aromatic rings. The van der Waals surface area contributed by atoms with Crippen LogP contribution >= 0.6 is 11.3 Å². The molecule has 0 saturated carbocycles. The average molecular weight is 308 g/mol. The van der Waals surface area contributed by atoms with Gasteiger partial charge in [-0.25, -0.2) is 14.5 Å². The second-order valence-electron chi connectivity index (χ2n) is 4.86. The molecule has 3 heterocycles. The van der Waals surface area contributed by atoms with Crippen LogP contribution in [0.3, 0.4) is 0 Å². The van der Waals surface area contributed by atoms with E-state index in [0.717, 1.165) is 16.3 Å². The van der Waals surface area contributed by atoms with E-state index in [1.54, 1.807) is 6.20 Å². The zero-order chi connectivity index (χ0) is 14.9. The van der Waals surface area contributed by atoms with Gasteiger partial charge in [-0.3, -0.25) is 4.40 Å². The number of aromatic nitrogens is 4. The third kappa shape index (κ3) is 2.23. The van der Waals surface area contributed by atoms with Gasteiger partial charge in [0.25, 0.3) is 0 Å². The number of thiazole rings is 1. The van der Waals surface area contributed by atoms with Gasteiger partial charge in [0.1, 0.15) is 5.01 Å². The summed E-state index contributed by atoms with van der Waals surface area (Å²) in [5, 5.41) is 7.19. The molecule has 0 amide bonds. The fourth-order valence-corrected chi connectivity index (χ4v) is 3.11. The van der Waals surface area contributed by atoms with Crippen LogP contribution in [-0.4, -0.2) is 19.2 Å². The van der Waals surface area contributed by atoms with Gasteiger partial charge in [-0.2, -0.15) is 0 Å². The van der Waals surface area contributed by atoms with E-state index in [4.69, 9.17) is 0 Å². The maximum absolute atomic E-state index is 12.2. The van der Waals surface area contributed by atoms with Crippen molar-refractivity contribution in [2.75, 3.05) is 0 Å². The summed E-state index contributed by atoms with van der Waals surface area (Å²) < 4.78 is 2.98. The molecule has 0 N–H and O–H groups in total. The molecule has 1 aromatic carbocycles. The van der Waals surface area contributed by atoms with Gasteiger partial charge in [0.05, 0.1) is 12.2 Å². The molecule has 3 aromatic heterocycles. The molecule has 5 nitrogen and oxygen atoms in total. The molecule has 22 heavy (non-hydrogen) atoms. The summed E-state index contributed by atoms with van der Waals surface area (Å²) in [6.45, 7) is 0.387. The molecule has 0 aliphatic carbocycles. The van der Waals surface area contributed by atoms with Crippen LogP contribution in [0.25, 0.3) is 16.9 Å². The first-order valence-corrected chi connectivity index (χ1v) is 7.73. The predicted molar refractivity (Wildman–Crippen MR) is 86.1 cm³/mol. The van der Waals surface area contributed by atoms with Crippen LogP contribution in [0.1, 0.15) is 5.01 Å². The molecule has 0 radical (unpaired) electrons. The van der Waals surface area contributed by atoms with Crippen molar-refractivity contribution in [2.24, 2.45) is 0 Å². The predicted octanol–water partition coefficient (Wildman–Crippen LogP) is 2.67. The van der Waals surface area contributed by atoms with Crippen molar-refractivity contribution >= 4 is 17.0 Å². The summed E-state index contributed by atoms with van der Waals surface area (Å²) in [4.78, 5) is 16.8. The molecule has 0 bridgehead atoms. The lowest BCUT2D eigenvalue weighted by molar-refractivity contribution is 0.656. The Balaban J connectivity index is 1.67. The largest absolute Gasteiger partial charge is 0.350 e. The summed E-state index contributed by atoms with van der Waals surface area (Å²) in [5.74, 6) is 0. The molecule has 0 atom stereocenters. The van der Waals surface area contributed by atoms with Crippen LogP contribution in [0.4, 0.5) is 0 Å². The van der Waals surface area contributed by atoms with Gasteiger partial charge in [-0.05, 0) is 12.1 Å². The lowest BCUT2D eigenvalue weighted by atomic mass is 10.2. The molecular weight excluding hydrogens is 296 g/mol. The first-order valence-electron chi connectivity index (χ1n) is 6.85. The van der Waals surface area contributed by atoms with Gasteiger partial charge in [0, 0.05) is 17.1 Å². The van der Waals surface area contributed by atoms with Gasteiger partial charge >= 0.3 is 5.69 Å². The number of hydrogen-bond acceptors (Lipinski definition) is 4. The Labute approximate surface area is 130 Å². The van der Waals surface area contributed by atoms with E-state index < -0.39 is 0 Å². The van der Waals surface area contributed by atoms with Gasteiger partial charge in [-0.1, -0.05) is 36.4 Å². The number of fused-ring (bicyclic) bond motifs is 1.